The van der Waals surface area contributed by atoms with E-state index in [1.165, 1.54) is 6.07 Å². The molecule has 1 saturated heterocycles. The lowest BCUT2D eigenvalue weighted by atomic mass is 10.1. The van der Waals surface area contributed by atoms with Crippen molar-refractivity contribution in [1.29, 1.82) is 0 Å². The Bertz CT molecular complexity index is 653. The van der Waals surface area contributed by atoms with Crippen molar-refractivity contribution in [3.05, 3.63) is 29.3 Å². The Morgan fingerprint density at radius 2 is 1.82 bits per heavy atom. The molecule has 1 aliphatic heterocycles. The lowest BCUT2D eigenvalue weighted by Gasteiger charge is -2.36. The van der Waals surface area contributed by atoms with E-state index in [1.807, 2.05) is 13.8 Å². The number of benzene rings is 1. The van der Waals surface area contributed by atoms with Crippen molar-refractivity contribution in [3.63, 3.8) is 0 Å². The molecule has 1 aliphatic rings. The second kappa shape index (κ2) is 6.95. The highest BCUT2D eigenvalue weighted by Crippen LogP contribution is 2.18. The van der Waals surface area contributed by atoms with Gasteiger partial charge in [0.2, 0.25) is 10.0 Å². The number of hydrogen-bond acceptors (Lipinski definition) is 4. The van der Waals surface area contributed by atoms with Crippen LogP contribution in [0.5, 0.6) is 0 Å². The molecule has 0 spiro atoms. The third kappa shape index (κ3) is 4.19. The summed E-state index contributed by atoms with van der Waals surface area (Å²) >= 11 is 0. The first-order chi connectivity index (χ1) is 9.68. The van der Waals surface area contributed by atoms with Gasteiger partial charge in [-0.15, -0.1) is 12.4 Å². The highest BCUT2D eigenvalue weighted by atomic mass is 35.5. The summed E-state index contributed by atoms with van der Waals surface area (Å²) in [7, 11) is -3.82. The third-order valence-electron chi connectivity index (χ3n) is 3.59. The summed E-state index contributed by atoms with van der Waals surface area (Å²) in [6.07, 6.45) is 0. The minimum Gasteiger partial charge on any atom is -0.336 e. The molecule has 0 aromatic heterocycles. The van der Waals surface area contributed by atoms with Gasteiger partial charge >= 0.3 is 0 Å². The average Bonchev–Trinajstić information content (AvgIpc) is 2.36. The molecular weight excluding hydrogens is 326 g/mol. The van der Waals surface area contributed by atoms with E-state index in [1.54, 1.807) is 24.0 Å². The number of nitrogens with two attached hydrogens (primary N) is 1. The van der Waals surface area contributed by atoms with Crippen LogP contribution in [-0.4, -0.2) is 44.4 Å². The van der Waals surface area contributed by atoms with Crippen molar-refractivity contribution in [2.75, 3.05) is 13.1 Å². The predicted octanol–water partition coefficient (Wildman–Crippen LogP) is 0.887. The Morgan fingerprint density at radius 3 is 2.32 bits per heavy atom. The maximum atomic E-state index is 12.5. The van der Waals surface area contributed by atoms with Gasteiger partial charge in [0, 0.05) is 30.7 Å². The monoisotopic (exact) mass is 347 g/mol. The van der Waals surface area contributed by atoms with Crippen molar-refractivity contribution in [1.82, 2.24) is 10.2 Å². The smallest absolute Gasteiger partial charge is 0.254 e. The molecular formula is C14H22ClN3O3S. The van der Waals surface area contributed by atoms with E-state index in [4.69, 9.17) is 5.14 Å². The molecule has 0 saturated carbocycles. The van der Waals surface area contributed by atoms with Gasteiger partial charge in [-0.1, -0.05) is 6.07 Å². The summed E-state index contributed by atoms with van der Waals surface area (Å²) in [6, 6.07) is 5.04. The molecule has 2 rings (SSSR count). The fourth-order valence-electron chi connectivity index (χ4n) is 2.71. The summed E-state index contributed by atoms with van der Waals surface area (Å²) in [5.41, 5.74) is 0.891. The Balaban J connectivity index is 0.00000242. The normalized spacial score (nSPS) is 22.1. The molecule has 0 aliphatic carbocycles. The fourth-order valence-corrected chi connectivity index (χ4v) is 3.52. The Hall–Kier alpha value is -1.15. The second-order valence-electron chi connectivity index (χ2n) is 5.70. The van der Waals surface area contributed by atoms with Gasteiger partial charge in [0.15, 0.2) is 0 Å². The predicted molar refractivity (Wildman–Crippen MR) is 87.8 cm³/mol. The summed E-state index contributed by atoms with van der Waals surface area (Å²) in [5.74, 6) is -0.167. The second-order valence-corrected chi connectivity index (χ2v) is 7.23. The molecule has 1 amide bonds. The van der Waals surface area contributed by atoms with Crippen LogP contribution in [0.3, 0.4) is 0 Å². The van der Waals surface area contributed by atoms with E-state index in [9.17, 15) is 13.2 Å². The molecule has 8 heteroatoms. The lowest BCUT2D eigenvalue weighted by Crippen LogP contribution is -2.55. The molecule has 1 aromatic carbocycles. The maximum absolute atomic E-state index is 12.5. The first kappa shape index (κ1) is 18.9. The minimum atomic E-state index is -3.82. The summed E-state index contributed by atoms with van der Waals surface area (Å²) in [6.45, 7) is 6.88. The minimum absolute atomic E-state index is 0. The molecule has 0 radical (unpaired) electrons. The zero-order chi connectivity index (χ0) is 15.8. The van der Waals surface area contributed by atoms with E-state index in [-0.39, 0.29) is 35.3 Å². The van der Waals surface area contributed by atoms with Gasteiger partial charge in [-0.25, -0.2) is 13.6 Å². The quantitative estimate of drug-likeness (QED) is 0.830. The third-order valence-corrected chi connectivity index (χ3v) is 4.64. The van der Waals surface area contributed by atoms with Crippen LogP contribution in [0.25, 0.3) is 0 Å². The fraction of sp³-hybridized carbons (Fsp3) is 0.500. The number of sulfonamides is 1. The van der Waals surface area contributed by atoms with Crippen molar-refractivity contribution in [2.24, 2.45) is 5.14 Å². The van der Waals surface area contributed by atoms with Crippen LogP contribution in [0.15, 0.2) is 23.1 Å². The lowest BCUT2D eigenvalue weighted by molar-refractivity contribution is 0.0673. The van der Waals surface area contributed by atoms with E-state index >= 15 is 0 Å². The summed E-state index contributed by atoms with van der Waals surface area (Å²) in [5, 5.41) is 8.54. The number of nitrogens with one attached hydrogen (secondary N) is 1. The molecule has 124 valence electrons. The van der Waals surface area contributed by atoms with Gasteiger partial charge in [-0.3, -0.25) is 4.79 Å². The molecule has 3 N–H and O–H groups in total. The molecule has 6 nitrogen and oxygen atoms in total. The van der Waals surface area contributed by atoms with Gasteiger partial charge in [-0.2, -0.15) is 0 Å². The van der Waals surface area contributed by atoms with E-state index < -0.39 is 10.0 Å². The van der Waals surface area contributed by atoms with E-state index in [2.05, 4.69) is 5.32 Å². The summed E-state index contributed by atoms with van der Waals surface area (Å²) in [4.78, 5) is 14.3. The van der Waals surface area contributed by atoms with Gasteiger partial charge in [0.1, 0.15) is 0 Å². The van der Waals surface area contributed by atoms with Crippen LogP contribution in [-0.2, 0) is 10.0 Å². The van der Waals surface area contributed by atoms with Crippen molar-refractivity contribution < 1.29 is 13.2 Å². The Labute approximate surface area is 137 Å². The van der Waals surface area contributed by atoms with E-state index in [0.29, 0.717) is 24.2 Å². The van der Waals surface area contributed by atoms with Crippen LogP contribution in [0, 0.1) is 6.92 Å². The zero-order valence-electron chi connectivity index (χ0n) is 12.9. The maximum Gasteiger partial charge on any atom is 0.254 e. The van der Waals surface area contributed by atoms with Gasteiger partial charge in [0.05, 0.1) is 4.90 Å². The van der Waals surface area contributed by atoms with Crippen LogP contribution >= 0.6 is 12.4 Å². The number of nitrogens with zero attached hydrogens (tertiary/aromatic N) is 1. The molecule has 1 fully saturated rings. The number of carbonyl (C=O) groups is 1. The first-order valence-electron chi connectivity index (χ1n) is 6.87. The molecule has 1 aromatic rings. The van der Waals surface area contributed by atoms with Crippen LogP contribution in [0.1, 0.15) is 29.8 Å². The van der Waals surface area contributed by atoms with Gasteiger partial charge in [0.25, 0.3) is 5.91 Å². The van der Waals surface area contributed by atoms with Gasteiger partial charge < -0.3 is 10.2 Å². The number of hydrogen-bond donors (Lipinski definition) is 2. The Morgan fingerprint density at radius 1 is 1.27 bits per heavy atom. The SMILES string of the molecule is Cc1ccc(C(=O)N2CC(C)NC(C)C2)cc1S(N)(=O)=O.Cl. The topological polar surface area (TPSA) is 92.5 Å². The number of aryl methyl sites for hydroxylation is 1. The molecule has 2 unspecified atom stereocenters. The van der Waals surface area contributed by atoms with Crippen molar-refractivity contribution in [2.45, 2.75) is 37.8 Å². The number of amides is 1. The number of primary sulfonamides is 1. The molecule has 22 heavy (non-hydrogen) atoms. The van der Waals surface area contributed by atoms with Crippen LogP contribution in [0.4, 0.5) is 0 Å². The highest BCUT2D eigenvalue weighted by Gasteiger charge is 2.26. The number of carbonyl (C=O) groups excluding carboxylic acids is 1. The molecule has 1 heterocycles. The van der Waals surface area contributed by atoms with Gasteiger partial charge in [-0.05, 0) is 38.5 Å². The van der Waals surface area contributed by atoms with Crippen LogP contribution < -0.4 is 10.5 Å². The standard InChI is InChI=1S/C14H21N3O3S.ClH/c1-9-4-5-12(6-13(9)21(15,19)20)14(18)17-7-10(2)16-11(3)8-17;/h4-6,10-11,16H,7-8H2,1-3H3,(H2,15,19,20);1H. The highest BCUT2D eigenvalue weighted by molar-refractivity contribution is 7.89. The molecule has 2 atom stereocenters. The van der Waals surface area contributed by atoms with E-state index in [0.717, 1.165) is 0 Å². The molecule has 0 bridgehead atoms. The number of rotatable bonds is 2. The number of piperazine rings is 1. The van der Waals surface area contributed by atoms with Crippen molar-refractivity contribution >= 4 is 28.3 Å². The largest absolute Gasteiger partial charge is 0.336 e. The average molecular weight is 348 g/mol. The zero-order valence-corrected chi connectivity index (χ0v) is 14.5. The first-order valence-corrected chi connectivity index (χ1v) is 8.42. The van der Waals surface area contributed by atoms with Crippen LogP contribution in [0.2, 0.25) is 0 Å². The summed E-state index contributed by atoms with van der Waals surface area (Å²) < 4.78 is 23.1. The number of halogens is 1. The van der Waals surface area contributed by atoms with Crippen molar-refractivity contribution in [3.8, 4) is 0 Å². The Kier molecular flexibility index (Phi) is 5.97.